The number of hydrogen-bond donors (Lipinski definition) is 1. The SMILES string of the molecule is C[C@@H]1CCCN(S(=O)(=O)c2ccccc2Br)[C@H]1CN. The minimum atomic E-state index is -3.48. The van der Waals surface area contributed by atoms with E-state index in [1.807, 2.05) is 6.07 Å². The number of halogens is 1. The Morgan fingerprint density at radius 3 is 2.74 bits per heavy atom. The van der Waals surface area contributed by atoms with Gasteiger partial charge in [0.15, 0.2) is 0 Å². The molecule has 0 aliphatic carbocycles. The third-order valence-electron chi connectivity index (χ3n) is 3.73. The predicted molar refractivity (Wildman–Crippen MR) is 79.3 cm³/mol. The highest BCUT2D eigenvalue weighted by molar-refractivity contribution is 9.10. The van der Waals surface area contributed by atoms with E-state index in [1.165, 1.54) is 0 Å². The van der Waals surface area contributed by atoms with E-state index in [2.05, 4.69) is 22.9 Å². The molecule has 1 fully saturated rings. The summed E-state index contributed by atoms with van der Waals surface area (Å²) in [6.45, 7) is 2.99. The fourth-order valence-electron chi connectivity index (χ4n) is 2.64. The molecule has 0 aromatic heterocycles. The fourth-order valence-corrected chi connectivity index (χ4v) is 5.38. The summed E-state index contributed by atoms with van der Waals surface area (Å²) < 4.78 is 27.7. The zero-order valence-electron chi connectivity index (χ0n) is 10.9. The van der Waals surface area contributed by atoms with Gasteiger partial charge in [-0.2, -0.15) is 4.31 Å². The normalized spacial score (nSPS) is 25.4. The molecule has 2 atom stereocenters. The quantitative estimate of drug-likeness (QED) is 0.912. The Labute approximate surface area is 123 Å². The molecule has 0 amide bonds. The van der Waals surface area contributed by atoms with Gasteiger partial charge in [-0.15, -0.1) is 0 Å². The molecule has 1 aromatic carbocycles. The first kappa shape index (κ1) is 15.0. The molecule has 1 saturated heterocycles. The third kappa shape index (κ3) is 2.86. The first-order valence-corrected chi connectivity index (χ1v) is 8.68. The summed E-state index contributed by atoms with van der Waals surface area (Å²) in [6.07, 6.45) is 1.92. The van der Waals surface area contributed by atoms with Crippen LogP contribution in [0.3, 0.4) is 0 Å². The minimum absolute atomic E-state index is 0.106. The Hall–Kier alpha value is -0.430. The number of piperidine rings is 1. The van der Waals surface area contributed by atoms with Crippen molar-refractivity contribution < 1.29 is 8.42 Å². The van der Waals surface area contributed by atoms with Gasteiger partial charge in [-0.25, -0.2) is 8.42 Å². The molecule has 2 rings (SSSR count). The summed E-state index contributed by atoms with van der Waals surface area (Å²) >= 11 is 3.32. The van der Waals surface area contributed by atoms with Crippen LogP contribution in [0.4, 0.5) is 0 Å². The average Bonchev–Trinajstić information content (AvgIpc) is 2.38. The van der Waals surface area contributed by atoms with Gasteiger partial charge < -0.3 is 5.73 Å². The maximum atomic E-state index is 12.8. The number of nitrogens with zero attached hydrogens (tertiary/aromatic N) is 1. The number of sulfonamides is 1. The number of nitrogens with two attached hydrogens (primary N) is 1. The molecule has 0 spiro atoms. The monoisotopic (exact) mass is 346 g/mol. The van der Waals surface area contributed by atoms with Crippen molar-refractivity contribution in [3.05, 3.63) is 28.7 Å². The Balaban J connectivity index is 2.41. The third-order valence-corrected chi connectivity index (χ3v) is 6.67. The zero-order valence-corrected chi connectivity index (χ0v) is 13.3. The van der Waals surface area contributed by atoms with E-state index in [0.29, 0.717) is 28.4 Å². The fraction of sp³-hybridized carbons (Fsp3) is 0.538. The topological polar surface area (TPSA) is 63.4 Å². The van der Waals surface area contributed by atoms with Crippen molar-refractivity contribution in [3.63, 3.8) is 0 Å². The van der Waals surface area contributed by atoms with Gasteiger partial charge in [0.2, 0.25) is 10.0 Å². The summed E-state index contributed by atoms with van der Waals surface area (Å²) in [5.74, 6) is 0.302. The van der Waals surface area contributed by atoms with Gasteiger partial charge in [0, 0.05) is 23.6 Å². The first-order valence-electron chi connectivity index (χ1n) is 6.45. The lowest BCUT2D eigenvalue weighted by Crippen LogP contribution is -2.51. The molecule has 2 N–H and O–H groups in total. The van der Waals surface area contributed by atoms with Crippen LogP contribution in [-0.2, 0) is 10.0 Å². The summed E-state index contributed by atoms with van der Waals surface area (Å²) in [7, 11) is -3.48. The lowest BCUT2D eigenvalue weighted by molar-refractivity contribution is 0.192. The van der Waals surface area contributed by atoms with Gasteiger partial charge in [0.25, 0.3) is 0 Å². The Bertz CT molecular complexity index is 547. The van der Waals surface area contributed by atoms with Crippen molar-refractivity contribution in [1.82, 2.24) is 4.31 Å². The van der Waals surface area contributed by atoms with Gasteiger partial charge in [-0.1, -0.05) is 19.1 Å². The zero-order chi connectivity index (χ0) is 14.0. The lowest BCUT2D eigenvalue weighted by atomic mass is 9.93. The van der Waals surface area contributed by atoms with E-state index in [9.17, 15) is 8.42 Å². The molecule has 1 aliphatic rings. The van der Waals surface area contributed by atoms with Crippen LogP contribution in [0, 0.1) is 5.92 Å². The van der Waals surface area contributed by atoms with E-state index >= 15 is 0 Å². The summed E-state index contributed by atoms with van der Waals surface area (Å²) in [4.78, 5) is 0.322. The molecule has 106 valence electrons. The standard InChI is InChI=1S/C13H19BrN2O2S/c1-10-5-4-8-16(12(10)9-15)19(17,18)13-7-3-2-6-11(13)14/h2-3,6-7,10,12H,4-5,8-9,15H2,1H3/t10-,12+/m1/s1. The van der Waals surface area contributed by atoms with Gasteiger partial charge in [-0.3, -0.25) is 0 Å². The van der Waals surface area contributed by atoms with Crippen LogP contribution in [0.1, 0.15) is 19.8 Å². The van der Waals surface area contributed by atoms with Crippen LogP contribution in [0.5, 0.6) is 0 Å². The van der Waals surface area contributed by atoms with Crippen molar-refractivity contribution in [2.24, 2.45) is 11.7 Å². The molecule has 1 aliphatic heterocycles. The van der Waals surface area contributed by atoms with Crippen LogP contribution in [0.2, 0.25) is 0 Å². The second kappa shape index (κ2) is 5.91. The summed E-state index contributed by atoms with van der Waals surface area (Å²) in [5, 5.41) is 0. The second-order valence-corrected chi connectivity index (χ2v) is 7.68. The maximum absolute atomic E-state index is 12.8. The highest BCUT2D eigenvalue weighted by atomic mass is 79.9. The highest BCUT2D eigenvalue weighted by Gasteiger charge is 2.37. The number of benzene rings is 1. The summed E-state index contributed by atoms with van der Waals surface area (Å²) in [6, 6.07) is 6.82. The molecular weight excluding hydrogens is 328 g/mol. The highest BCUT2D eigenvalue weighted by Crippen LogP contribution is 2.31. The van der Waals surface area contributed by atoms with E-state index in [4.69, 9.17) is 5.73 Å². The van der Waals surface area contributed by atoms with Crippen molar-refractivity contribution in [2.75, 3.05) is 13.1 Å². The van der Waals surface area contributed by atoms with Crippen molar-refractivity contribution >= 4 is 26.0 Å². The van der Waals surface area contributed by atoms with E-state index in [1.54, 1.807) is 22.5 Å². The summed E-state index contributed by atoms with van der Waals surface area (Å²) in [5.41, 5.74) is 5.78. The van der Waals surface area contributed by atoms with Gasteiger partial charge in [-0.05, 0) is 46.8 Å². The maximum Gasteiger partial charge on any atom is 0.244 e. The van der Waals surface area contributed by atoms with Crippen LogP contribution in [0.25, 0.3) is 0 Å². The van der Waals surface area contributed by atoms with Crippen LogP contribution >= 0.6 is 15.9 Å². The van der Waals surface area contributed by atoms with Crippen molar-refractivity contribution in [3.8, 4) is 0 Å². The molecule has 0 unspecified atom stereocenters. The molecule has 0 saturated carbocycles. The number of hydrogen-bond acceptors (Lipinski definition) is 3. The van der Waals surface area contributed by atoms with Crippen molar-refractivity contribution in [1.29, 1.82) is 0 Å². The number of rotatable bonds is 3. The molecule has 6 heteroatoms. The van der Waals surface area contributed by atoms with Gasteiger partial charge in [0.05, 0.1) is 4.90 Å². The molecular formula is C13H19BrN2O2S. The molecule has 0 radical (unpaired) electrons. The molecule has 1 heterocycles. The predicted octanol–water partition coefficient (Wildman–Crippen LogP) is 2.20. The van der Waals surface area contributed by atoms with Crippen LogP contribution < -0.4 is 5.73 Å². The Morgan fingerprint density at radius 2 is 2.11 bits per heavy atom. The van der Waals surface area contributed by atoms with Crippen molar-refractivity contribution in [2.45, 2.75) is 30.7 Å². The smallest absolute Gasteiger partial charge is 0.244 e. The van der Waals surface area contributed by atoms with E-state index in [0.717, 1.165) is 12.8 Å². The minimum Gasteiger partial charge on any atom is -0.329 e. The molecule has 4 nitrogen and oxygen atoms in total. The second-order valence-electron chi connectivity index (χ2n) is 4.97. The molecule has 0 bridgehead atoms. The lowest BCUT2D eigenvalue weighted by Gasteiger charge is -2.38. The Morgan fingerprint density at radius 1 is 1.42 bits per heavy atom. The average molecular weight is 347 g/mol. The molecule has 1 aromatic rings. The van der Waals surface area contributed by atoms with Crippen LogP contribution in [0.15, 0.2) is 33.6 Å². The van der Waals surface area contributed by atoms with E-state index < -0.39 is 10.0 Å². The Kier molecular flexibility index (Phi) is 4.66. The van der Waals surface area contributed by atoms with Crippen LogP contribution in [-0.4, -0.2) is 31.9 Å². The van der Waals surface area contributed by atoms with Gasteiger partial charge in [0.1, 0.15) is 0 Å². The van der Waals surface area contributed by atoms with E-state index in [-0.39, 0.29) is 6.04 Å². The largest absolute Gasteiger partial charge is 0.329 e. The molecule has 19 heavy (non-hydrogen) atoms. The first-order chi connectivity index (χ1) is 8.98. The van der Waals surface area contributed by atoms with Gasteiger partial charge >= 0.3 is 0 Å².